The van der Waals surface area contributed by atoms with Crippen molar-refractivity contribution >= 4 is 5.91 Å². The summed E-state index contributed by atoms with van der Waals surface area (Å²) in [6.07, 6.45) is 4.66. The molecule has 0 aliphatic heterocycles. The van der Waals surface area contributed by atoms with Gasteiger partial charge in [-0.25, -0.2) is 0 Å². The van der Waals surface area contributed by atoms with Crippen LogP contribution in [-0.4, -0.2) is 29.2 Å². The Hall–Kier alpha value is -0.610. The van der Waals surface area contributed by atoms with Crippen LogP contribution in [0, 0.1) is 17.3 Å². The van der Waals surface area contributed by atoms with Crippen molar-refractivity contribution in [1.82, 2.24) is 5.32 Å². The molecule has 0 bridgehead atoms. The van der Waals surface area contributed by atoms with Crippen LogP contribution in [0.5, 0.6) is 0 Å². The maximum atomic E-state index is 12.6. The van der Waals surface area contributed by atoms with Crippen molar-refractivity contribution < 1.29 is 9.90 Å². The molecule has 4 nitrogen and oxygen atoms in total. The molecule has 110 valence electrons. The highest BCUT2D eigenvalue weighted by Crippen LogP contribution is 2.45. The van der Waals surface area contributed by atoms with E-state index in [1.54, 1.807) is 0 Å². The van der Waals surface area contributed by atoms with E-state index in [-0.39, 0.29) is 35.4 Å². The summed E-state index contributed by atoms with van der Waals surface area (Å²) in [6, 6.07) is 0.189. The van der Waals surface area contributed by atoms with Crippen LogP contribution in [0.25, 0.3) is 0 Å². The molecular formula is C15H28N2O2. The molecule has 2 saturated carbocycles. The molecule has 2 rings (SSSR count). The number of carbonyl (C=O) groups excluding carboxylic acids is 1. The highest BCUT2D eigenvalue weighted by molar-refractivity contribution is 5.80. The van der Waals surface area contributed by atoms with Gasteiger partial charge in [0.2, 0.25) is 5.91 Å². The van der Waals surface area contributed by atoms with Gasteiger partial charge in [0.1, 0.15) is 0 Å². The lowest BCUT2D eigenvalue weighted by Gasteiger charge is -2.48. The molecule has 0 saturated heterocycles. The van der Waals surface area contributed by atoms with Crippen molar-refractivity contribution in [3.8, 4) is 0 Å². The average molecular weight is 268 g/mol. The normalized spacial score (nSPS) is 36.4. The second-order valence-corrected chi connectivity index (χ2v) is 7.19. The number of carbonyl (C=O) groups is 1. The number of nitrogens with one attached hydrogen (secondary N) is 1. The number of rotatable bonds is 3. The van der Waals surface area contributed by atoms with Gasteiger partial charge < -0.3 is 16.2 Å². The van der Waals surface area contributed by atoms with Crippen LogP contribution in [0.4, 0.5) is 0 Å². The molecular weight excluding hydrogens is 240 g/mol. The Balaban J connectivity index is 2.06. The van der Waals surface area contributed by atoms with E-state index in [4.69, 9.17) is 5.73 Å². The fraction of sp³-hybridized carbons (Fsp3) is 0.933. The van der Waals surface area contributed by atoms with Gasteiger partial charge >= 0.3 is 0 Å². The lowest BCUT2D eigenvalue weighted by Crippen LogP contribution is -2.60. The first-order valence-corrected chi connectivity index (χ1v) is 7.51. The van der Waals surface area contributed by atoms with E-state index in [1.807, 2.05) is 0 Å². The first-order valence-electron chi connectivity index (χ1n) is 7.51. The van der Waals surface area contributed by atoms with Crippen LogP contribution in [0.3, 0.4) is 0 Å². The number of amides is 1. The number of hydrogen-bond acceptors (Lipinski definition) is 3. The van der Waals surface area contributed by atoms with Gasteiger partial charge in [-0.2, -0.15) is 0 Å². The van der Waals surface area contributed by atoms with Gasteiger partial charge in [-0.1, -0.05) is 20.8 Å². The van der Waals surface area contributed by atoms with Crippen molar-refractivity contribution in [2.45, 2.75) is 64.5 Å². The second-order valence-electron chi connectivity index (χ2n) is 7.19. The van der Waals surface area contributed by atoms with Gasteiger partial charge in [0.25, 0.3) is 0 Å². The zero-order valence-electron chi connectivity index (χ0n) is 12.4. The quantitative estimate of drug-likeness (QED) is 0.724. The van der Waals surface area contributed by atoms with Crippen molar-refractivity contribution in [3.05, 3.63) is 0 Å². The standard InChI is InChI=1S/C15H28N2O2/c1-10-12(16)6-5-11(14(10,2)3)13(19)17-15(9-18)7-4-8-15/h10-12,18H,4-9,16H2,1-3H3,(H,17,19). The van der Waals surface area contributed by atoms with Crippen LogP contribution in [-0.2, 0) is 4.79 Å². The van der Waals surface area contributed by atoms with Gasteiger partial charge in [-0.3, -0.25) is 4.79 Å². The molecule has 0 radical (unpaired) electrons. The van der Waals surface area contributed by atoms with E-state index in [0.717, 1.165) is 32.1 Å². The molecule has 3 unspecified atom stereocenters. The minimum Gasteiger partial charge on any atom is -0.394 e. The summed E-state index contributed by atoms with van der Waals surface area (Å²) in [5, 5.41) is 12.6. The number of aliphatic hydroxyl groups is 1. The lowest BCUT2D eigenvalue weighted by molar-refractivity contribution is -0.136. The topological polar surface area (TPSA) is 75.4 Å². The van der Waals surface area contributed by atoms with E-state index < -0.39 is 0 Å². The summed E-state index contributed by atoms with van der Waals surface area (Å²) in [5.74, 6) is 0.451. The minimum atomic E-state index is -0.337. The first kappa shape index (κ1) is 14.8. The SMILES string of the molecule is CC1C(N)CCC(C(=O)NC2(CO)CCC2)C1(C)C. The van der Waals surface area contributed by atoms with Crippen molar-refractivity contribution in [2.75, 3.05) is 6.61 Å². The van der Waals surface area contributed by atoms with Crippen LogP contribution in [0.2, 0.25) is 0 Å². The monoisotopic (exact) mass is 268 g/mol. The smallest absolute Gasteiger partial charge is 0.224 e. The number of hydrogen-bond donors (Lipinski definition) is 3. The summed E-state index contributed by atoms with van der Waals surface area (Å²) in [6.45, 7) is 6.50. The third kappa shape index (κ3) is 2.52. The van der Waals surface area contributed by atoms with Crippen molar-refractivity contribution in [3.63, 3.8) is 0 Å². The Labute approximate surface area is 116 Å². The third-order valence-corrected chi connectivity index (χ3v) is 5.82. The molecule has 2 aliphatic rings. The fourth-order valence-electron chi connectivity index (χ4n) is 3.59. The van der Waals surface area contributed by atoms with Crippen LogP contribution < -0.4 is 11.1 Å². The van der Waals surface area contributed by atoms with E-state index in [9.17, 15) is 9.90 Å². The molecule has 2 fully saturated rings. The van der Waals surface area contributed by atoms with Crippen molar-refractivity contribution in [2.24, 2.45) is 23.0 Å². The lowest BCUT2D eigenvalue weighted by atomic mass is 9.60. The van der Waals surface area contributed by atoms with Gasteiger partial charge in [0.05, 0.1) is 12.1 Å². The van der Waals surface area contributed by atoms with Crippen LogP contribution in [0.1, 0.15) is 52.9 Å². The molecule has 4 heteroatoms. The Morgan fingerprint density at radius 3 is 2.47 bits per heavy atom. The summed E-state index contributed by atoms with van der Waals surface area (Å²) >= 11 is 0. The Bertz CT molecular complexity index is 345. The molecule has 0 aromatic rings. The average Bonchev–Trinajstić information content (AvgIpc) is 2.30. The predicted octanol–water partition coefficient (Wildman–Crippen LogP) is 1.42. The Morgan fingerprint density at radius 2 is 2.00 bits per heavy atom. The minimum absolute atomic E-state index is 0.00586. The maximum absolute atomic E-state index is 12.6. The van der Waals surface area contributed by atoms with Crippen molar-refractivity contribution in [1.29, 1.82) is 0 Å². The summed E-state index contributed by atoms with van der Waals surface area (Å²) in [4.78, 5) is 12.6. The fourth-order valence-corrected chi connectivity index (χ4v) is 3.59. The highest BCUT2D eigenvalue weighted by Gasteiger charge is 2.47. The summed E-state index contributed by atoms with van der Waals surface area (Å²) in [5.41, 5.74) is 5.72. The molecule has 2 aliphatic carbocycles. The number of aliphatic hydroxyl groups excluding tert-OH is 1. The van der Waals surface area contributed by atoms with Gasteiger partial charge in [0.15, 0.2) is 0 Å². The molecule has 3 atom stereocenters. The molecule has 0 heterocycles. The van der Waals surface area contributed by atoms with Gasteiger partial charge in [0, 0.05) is 12.0 Å². The van der Waals surface area contributed by atoms with Crippen LogP contribution >= 0.6 is 0 Å². The zero-order valence-corrected chi connectivity index (χ0v) is 12.4. The van der Waals surface area contributed by atoms with Crippen LogP contribution in [0.15, 0.2) is 0 Å². The Kier molecular flexibility index (Phi) is 3.94. The molecule has 0 aromatic heterocycles. The molecule has 1 amide bonds. The molecule has 0 spiro atoms. The molecule has 19 heavy (non-hydrogen) atoms. The van der Waals surface area contributed by atoms with E-state index in [2.05, 4.69) is 26.1 Å². The predicted molar refractivity (Wildman–Crippen MR) is 75.5 cm³/mol. The van der Waals surface area contributed by atoms with Gasteiger partial charge in [-0.15, -0.1) is 0 Å². The largest absolute Gasteiger partial charge is 0.394 e. The Morgan fingerprint density at radius 1 is 1.37 bits per heavy atom. The number of nitrogens with two attached hydrogens (primary N) is 1. The molecule has 4 N–H and O–H groups in total. The highest BCUT2D eigenvalue weighted by atomic mass is 16.3. The molecule has 0 aromatic carbocycles. The third-order valence-electron chi connectivity index (χ3n) is 5.82. The maximum Gasteiger partial charge on any atom is 0.224 e. The van der Waals surface area contributed by atoms with E-state index in [0.29, 0.717) is 5.92 Å². The van der Waals surface area contributed by atoms with Gasteiger partial charge in [-0.05, 0) is 43.4 Å². The zero-order chi connectivity index (χ0) is 14.3. The summed E-state index contributed by atoms with van der Waals surface area (Å²) < 4.78 is 0. The summed E-state index contributed by atoms with van der Waals surface area (Å²) in [7, 11) is 0. The first-order chi connectivity index (χ1) is 8.82. The van der Waals surface area contributed by atoms with E-state index >= 15 is 0 Å². The second kappa shape index (κ2) is 5.06. The van der Waals surface area contributed by atoms with E-state index in [1.165, 1.54) is 0 Å².